The van der Waals surface area contributed by atoms with Crippen molar-refractivity contribution in [2.45, 2.75) is 115 Å². The Balaban J connectivity index is 1.68. The van der Waals surface area contributed by atoms with Crippen LogP contribution in [0.15, 0.2) is 0 Å². The second-order valence-corrected chi connectivity index (χ2v) is 11.4. The van der Waals surface area contributed by atoms with Gasteiger partial charge in [0.25, 0.3) is 0 Å². The summed E-state index contributed by atoms with van der Waals surface area (Å²) < 4.78 is 11.4. The third-order valence-electron chi connectivity index (χ3n) is 5.41. The van der Waals surface area contributed by atoms with Gasteiger partial charge in [-0.2, -0.15) is 0 Å². The lowest BCUT2D eigenvalue weighted by molar-refractivity contribution is -0.265. The van der Waals surface area contributed by atoms with Gasteiger partial charge in [-0.25, -0.2) is 19.4 Å². The maximum Gasteiger partial charge on any atom is 0.380 e. The topological polar surface area (TPSA) is 95.1 Å². The largest absolute Gasteiger partial charge is 0.380 e. The zero-order valence-corrected chi connectivity index (χ0v) is 19.8. The van der Waals surface area contributed by atoms with Crippen LogP contribution in [0, 0.1) is 0 Å². The van der Waals surface area contributed by atoms with Crippen LogP contribution in [0.5, 0.6) is 0 Å². The molecule has 2 N–H and O–H groups in total. The SMILES string of the molecule is CC1(C)CC(OCC(=O)OOC(=O)COC2CC(C)(C)NC(C)(C)C2)CC(C)(C)N1. The van der Waals surface area contributed by atoms with Gasteiger partial charge in [-0.15, -0.1) is 0 Å². The standard InChI is InChI=1S/C22H40N2O6/c1-19(2)9-15(10-20(3,4)23-19)27-13-17(25)29-30-18(26)14-28-16-11-21(5,6)24-22(7,8)12-16/h15-16,23-24H,9-14H2,1-8H3. The fourth-order valence-electron chi connectivity index (χ4n) is 5.21. The van der Waals surface area contributed by atoms with Crippen LogP contribution in [0.3, 0.4) is 0 Å². The third-order valence-corrected chi connectivity index (χ3v) is 5.41. The predicted molar refractivity (Wildman–Crippen MR) is 113 cm³/mol. The first-order valence-corrected chi connectivity index (χ1v) is 10.8. The van der Waals surface area contributed by atoms with Gasteiger partial charge in [0.2, 0.25) is 0 Å². The first-order valence-electron chi connectivity index (χ1n) is 10.8. The first kappa shape index (κ1) is 25.0. The van der Waals surface area contributed by atoms with Gasteiger partial charge in [0.05, 0.1) is 12.2 Å². The van der Waals surface area contributed by atoms with E-state index in [-0.39, 0.29) is 47.6 Å². The fraction of sp³-hybridized carbons (Fsp3) is 0.909. The Bertz CT molecular complexity index is 543. The molecule has 30 heavy (non-hydrogen) atoms. The van der Waals surface area contributed by atoms with Crippen molar-refractivity contribution in [1.82, 2.24) is 10.6 Å². The summed E-state index contributed by atoms with van der Waals surface area (Å²) in [6, 6.07) is 0. The van der Waals surface area contributed by atoms with Crippen molar-refractivity contribution < 1.29 is 28.8 Å². The molecule has 0 aromatic rings. The first-order chi connectivity index (χ1) is 13.6. The molecule has 2 heterocycles. The van der Waals surface area contributed by atoms with E-state index in [0.717, 1.165) is 25.7 Å². The van der Waals surface area contributed by atoms with Crippen LogP contribution < -0.4 is 10.6 Å². The molecule has 2 fully saturated rings. The van der Waals surface area contributed by atoms with Crippen LogP contribution in [0.25, 0.3) is 0 Å². The molecule has 0 radical (unpaired) electrons. The zero-order valence-electron chi connectivity index (χ0n) is 19.8. The van der Waals surface area contributed by atoms with Gasteiger partial charge < -0.3 is 20.1 Å². The molecule has 174 valence electrons. The van der Waals surface area contributed by atoms with Crippen LogP contribution >= 0.6 is 0 Å². The highest BCUT2D eigenvalue weighted by atomic mass is 17.2. The number of ether oxygens (including phenoxy) is 2. The van der Waals surface area contributed by atoms with Gasteiger partial charge in [0.1, 0.15) is 13.2 Å². The van der Waals surface area contributed by atoms with Crippen molar-refractivity contribution in [2.75, 3.05) is 13.2 Å². The molecule has 2 aliphatic heterocycles. The maximum absolute atomic E-state index is 11.9. The molecule has 2 aliphatic rings. The molecule has 0 amide bonds. The Labute approximate surface area is 180 Å². The lowest BCUT2D eigenvalue weighted by atomic mass is 9.81. The average molecular weight is 429 g/mol. The van der Waals surface area contributed by atoms with E-state index in [1.165, 1.54) is 0 Å². The number of rotatable bonds is 6. The second-order valence-electron chi connectivity index (χ2n) is 11.4. The monoisotopic (exact) mass is 428 g/mol. The van der Waals surface area contributed by atoms with Crippen molar-refractivity contribution in [3.05, 3.63) is 0 Å². The van der Waals surface area contributed by atoms with Crippen molar-refractivity contribution in [2.24, 2.45) is 0 Å². The number of carbonyl (C=O) groups excluding carboxylic acids is 2. The lowest BCUT2D eigenvalue weighted by Crippen LogP contribution is -2.59. The molecule has 0 spiro atoms. The van der Waals surface area contributed by atoms with Gasteiger partial charge >= 0.3 is 11.9 Å². The molecule has 2 rings (SSSR count). The Morgan fingerprint density at radius 3 is 1.17 bits per heavy atom. The molecule has 0 saturated carbocycles. The summed E-state index contributed by atoms with van der Waals surface area (Å²) in [4.78, 5) is 33.0. The normalized spacial score (nSPS) is 25.5. The van der Waals surface area contributed by atoms with E-state index in [9.17, 15) is 9.59 Å². The summed E-state index contributed by atoms with van der Waals surface area (Å²) >= 11 is 0. The van der Waals surface area contributed by atoms with Crippen molar-refractivity contribution >= 4 is 11.9 Å². The number of piperidine rings is 2. The quantitative estimate of drug-likeness (QED) is 0.492. The summed E-state index contributed by atoms with van der Waals surface area (Å²) in [5, 5.41) is 7.11. The van der Waals surface area contributed by atoms with Crippen LogP contribution in [-0.4, -0.2) is 59.5 Å². The highest BCUT2D eigenvalue weighted by Gasteiger charge is 2.39. The van der Waals surface area contributed by atoms with Crippen molar-refractivity contribution in [1.29, 1.82) is 0 Å². The van der Waals surface area contributed by atoms with Gasteiger partial charge in [0, 0.05) is 22.2 Å². The number of hydrogen-bond acceptors (Lipinski definition) is 8. The maximum atomic E-state index is 11.9. The summed E-state index contributed by atoms with van der Waals surface area (Å²) in [6.45, 7) is 16.3. The minimum atomic E-state index is -0.735. The minimum Gasteiger partial charge on any atom is -0.366 e. The molecule has 8 heteroatoms. The second kappa shape index (κ2) is 9.10. The van der Waals surface area contributed by atoms with Gasteiger partial charge in [-0.1, -0.05) is 0 Å². The lowest BCUT2D eigenvalue weighted by Gasteiger charge is -2.46. The van der Waals surface area contributed by atoms with Crippen LogP contribution in [0.1, 0.15) is 81.1 Å². The van der Waals surface area contributed by atoms with Crippen LogP contribution in [0.2, 0.25) is 0 Å². The summed E-state index contributed by atoms with van der Waals surface area (Å²) in [5.41, 5.74) is -0.342. The molecule has 8 nitrogen and oxygen atoms in total. The van der Waals surface area contributed by atoms with E-state index in [0.29, 0.717) is 0 Å². The fourth-order valence-corrected chi connectivity index (χ4v) is 5.21. The Hall–Kier alpha value is -1.22. The molecular formula is C22H40N2O6. The average Bonchev–Trinajstić information content (AvgIpc) is 2.50. The number of hydrogen-bond donors (Lipinski definition) is 2. The highest BCUT2D eigenvalue weighted by Crippen LogP contribution is 2.31. The Morgan fingerprint density at radius 1 is 0.633 bits per heavy atom. The summed E-state index contributed by atoms with van der Waals surface area (Å²) in [7, 11) is 0. The molecule has 0 unspecified atom stereocenters. The smallest absolute Gasteiger partial charge is 0.366 e. The zero-order chi connectivity index (χ0) is 22.8. The van der Waals surface area contributed by atoms with E-state index in [1.54, 1.807) is 0 Å². The third kappa shape index (κ3) is 8.49. The Morgan fingerprint density at radius 2 is 0.900 bits per heavy atom. The molecular weight excluding hydrogens is 388 g/mol. The number of nitrogens with one attached hydrogen (secondary N) is 2. The Kier molecular flexibility index (Phi) is 7.60. The molecule has 0 bridgehead atoms. The van der Waals surface area contributed by atoms with E-state index in [4.69, 9.17) is 9.47 Å². The van der Waals surface area contributed by atoms with Gasteiger partial charge in [-0.3, -0.25) is 0 Å². The molecule has 0 atom stereocenters. The molecule has 0 aliphatic carbocycles. The summed E-state index contributed by atoms with van der Waals surface area (Å²) in [5.74, 6) is -1.47. The predicted octanol–water partition coefficient (Wildman–Crippen LogP) is 2.64. The van der Waals surface area contributed by atoms with E-state index in [1.807, 2.05) is 0 Å². The molecule has 2 saturated heterocycles. The van der Waals surface area contributed by atoms with Crippen LogP contribution in [0.4, 0.5) is 0 Å². The van der Waals surface area contributed by atoms with Crippen molar-refractivity contribution in [3.63, 3.8) is 0 Å². The number of carbonyl (C=O) groups is 2. The molecule has 0 aromatic heterocycles. The van der Waals surface area contributed by atoms with E-state index < -0.39 is 11.9 Å². The van der Waals surface area contributed by atoms with Crippen LogP contribution in [-0.2, 0) is 28.8 Å². The molecule has 0 aromatic carbocycles. The van der Waals surface area contributed by atoms with Gasteiger partial charge in [-0.05, 0) is 81.1 Å². The summed E-state index contributed by atoms with van der Waals surface area (Å²) in [6.07, 6.45) is 2.96. The van der Waals surface area contributed by atoms with E-state index >= 15 is 0 Å². The highest BCUT2D eigenvalue weighted by molar-refractivity contribution is 5.74. The van der Waals surface area contributed by atoms with Gasteiger partial charge in [0.15, 0.2) is 0 Å². The van der Waals surface area contributed by atoms with Crippen molar-refractivity contribution in [3.8, 4) is 0 Å². The minimum absolute atomic E-state index is 0.0746. The van der Waals surface area contributed by atoms with E-state index in [2.05, 4.69) is 75.8 Å².